The number of rotatable bonds is 21. The zero-order valence-electron chi connectivity index (χ0n) is 27.8. The van der Waals surface area contributed by atoms with Gasteiger partial charge in [0.15, 0.2) is 0 Å². The van der Waals surface area contributed by atoms with Crippen LogP contribution in [0, 0.1) is 5.92 Å². The first-order chi connectivity index (χ1) is 22.8. The number of carbonyl (C=O) groups excluding carboxylic acids is 5. The number of carboxylic acids is 1. The van der Waals surface area contributed by atoms with Crippen molar-refractivity contribution in [1.82, 2.24) is 36.6 Å². The van der Waals surface area contributed by atoms with Gasteiger partial charge in [0.1, 0.15) is 24.2 Å². The lowest BCUT2D eigenvalue weighted by molar-refractivity contribution is -0.138. The molecule has 15 nitrogen and oxygen atoms in total. The molecule has 1 aromatic heterocycles. The molecule has 0 saturated carbocycles. The number of amides is 5. The van der Waals surface area contributed by atoms with Crippen molar-refractivity contribution in [2.45, 2.75) is 83.1 Å². The minimum Gasteiger partial charge on any atom is -0.481 e. The van der Waals surface area contributed by atoms with E-state index < -0.39 is 72.1 Å². The van der Waals surface area contributed by atoms with Crippen LogP contribution in [0.1, 0.15) is 51.3 Å². The molecule has 1 aromatic carbocycles. The Morgan fingerprint density at radius 3 is 2.04 bits per heavy atom. The summed E-state index contributed by atoms with van der Waals surface area (Å²) in [6.45, 7) is 5.79. The highest BCUT2D eigenvalue weighted by molar-refractivity contribution is 7.98. The Hall–Kier alpha value is -4.44. The molecule has 16 heteroatoms. The number of thioether (sulfide) groups is 1. The van der Waals surface area contributed by atoms with Crippen LogP contribution >= 0.6 is 11.8 Å². The predicted octanol–water partition coefficient (Wildman–Crippen LogP) is -0.129. The van der Waals surface area contributed by atoms with Gasteiger partial charge < -0.3 is 42.4 Å². The van der Waals surface area contributed by atoms with E-state index in [-0.39, 0.29) is 37.4 Å². The zero-order valence-corrected chi connectivity index (χ0v) is 28.6. The van der Waals surface area contributed by atoms with Gasteiger partial charge in [-0.15, -0.1) is 0 Å². The van der Waals surface area contributed by atoms with Gasteiger partial charge in [0, 0.05) is 37.0 Å². The van der Waals surface area contributed by atoms with E-state index in [9.17, 15) is 33.9 Å². The SMILES string of the molecule is CCNC(=O)C(Cc1cnc[nH]1)NC(=O)C(CSC)NC(=O)C(CCC(=O)O)NC(=O)C(CC(C)C)NC(=O)C(N)Cc1ccccc1. The first-order valence-corrected chi connectivity index (χ1v) is 17.2. The van der Waals surface area contributed by atoms with E-state index >= 15 is 0 Å². The summed E-state index contributed by atoms with van der Waals surface area (Å²) in [4.78, 5) is 84.4. The van der Waals surface area contributed by atoms with Gasteiger partial charge in [-0.2, -0.15) is 11.8 Å². The summed E-state index contributed by atoms with van der Waals surface area (Å²) in [6, 6.07) is 3.71. The van der Waals surface area contributed by atoms with Crippen LogP contribution < -0.4 is 32.3 Å². The number of imidazole rings is 1. The third-order valence-electron chi connectivity index (χ3n) is 7.18. The van der Waals surface area contributed by atoms with Gasteiger partial charge in [0.2, 0.25) is 29.5 Å². The fraction of sp³-hybridized carbons (Fsp3) is 0.531. The summed E-state index contributed by atoms with van der Waals surface area (Å²) in [5.74, 6) is -4.23. The van der Waals surface area contributed by atoms with Crippen molar-refractivity contribution in [3.8, 4) is 0 Å². The van der Waals surface area contributed by atoms with Crippen molar-refractivity contribution in [2.24, 2.45) is 11.7 Å². The van der Waals surface area contributed by atoms with Crippen molar-refractivity contribution in [3.05, 3.63) is 54.1 Å². The number of carboxylic acid groups (broad SMARTS) is 1. The summed E-state index contributed by atoms with van der Waals surface area (Å²) in [5, 5.41) is 22.6. The molecular formula is C32H48N8O7S. The number of H-pyrrole nitrogens is 1. The second-order valence-corrected chi connectivity index (χ2v) is 12.6. The molecule has 0 bridgehead atoms. The maximum atomic E-state index is 13.5. The lowest BCUT2D eigenvalue weighted by atomic mass is 10.0. The van der Waals surface area contributed by atoms with Crippen LogP contribution in [0.3, 0.4) is 0 Å². The minimum atomic E-state index is -1.35. The Morgan fingerprint density at radius 1 is 0.854 bits per heavy atom. The van der Waals surface area contributed by atoms with Crippen LogP contribution in [-0.2, 0) is 41.6 Å². The monoisotopic (exact) mass is 688 g/mol. The van der Waals surface area contributed by atoms with E-state index in [1.165, 1.54) is 24.3 Å². The number of aromatic amines is 1. The Bertz CT molecular complexity index is 1340. The largest absolute Gasteiger partial charge is 0.481 e. The second-order valence-electron chi connectivity index (χ2n) is 11.7. The molecule has 5 unspecified atom stereocenters. The van der Waals surface area contributed by atoms with Gasteiger partial charge in [0.05, 0.1) is 12.4 Å². The molecular weight excluding hydrogens is 640 g/mol. The van der Waals surface area contributed by atoms with Crippen molar-refractivity contribution in [3.63, 3.8) is 0 Å². The number of nitrogens with one attached hydrogen (secondary N) is 6. The van der Waals surface area contributed by atoms with Gasteiger partial charge in [-0.25, -0.2) is 4.98 Å². The topological polar surface area (TPSA) is 237 Å². The minimum absolute atomic E-state index is 0.0352. The lowest BCUT2D eigenvalue weighted by Crippen LogP contribution is -2.59. The fourth-order valence-corrected chi connectivity index (χ4v) is 5.34. The van der Waals surface area contributed by atoms with Gasteiger partial charge >= 0.3 is 5.97 Å². The smallest absolute Gasteiger partial charge is 0.303 e. The molecule has 5 amide bonds. The summed E-state index contributed by atoms with van der Waals surface area (Å²) in [5.41, 5.74) is 7.59. The number of likely N-dealkylation sites (N-methyl/N-ethyl adjacent to an activating group) is 1. The lowest BCUT2D eigenvalue weighted by Gasteiger charge is -2.27. The maximum Gasteiger partial charge on any atom is 0.303 e. The Labute approximate surface area is 284 Å². The predicted molar refractivity (Wildman–Crippen MR) is 182 cm³/mol. The molecule has 0 aliphatic rings. The van der Waals surface area contributed by atoms with Gasteiger partial charge in [-0.3, -0.25) is 28.8 Å². The van der Waals surface area contributed by atoms with E-state index in [2.05, 4.69) is 36.6 Å². The highest BCUT2D eigenvalue weighted by atomic mass is 32.2. The summed E-state index contributed by atoms with van der Waals surface area (Å²) in [7, 11) is 0. The summed E-state index contributed by atoms with van der Waals surface area (Å²) in [6.07, 6.45) is 4.55. The quantitative estimate of drug-likeness (QED) is 0.0865. The van der Waals surface area contributed by atoms with Crippen LogP contribution in [0.15, 0.2) is 42.9 Å². The van der Waals surface area contributed by atoms with Crippen molar-refractivity contribution < 1.29 is 33.9 Å². The van der Waals surface area contributed by atoms with Crippen molar-refractivity contribution >= 4 is 47.3 Å². The standard InChI is InChI=1S/C32H48N8O7S/c1-5-35-29(44)25(15-21-16-34-18-36-21)39-32(47)26(17-48-4)40-30(45)23(11-12-27(41)42)37-31(46)24(13-19(2)3)38-28(43)22(33)14-20-9-7-6-8-10-20/h6-10,16,18-19,22-26H,5,11-15,17,33H2,1-4H3,(H,34,36)(H,35,44)(H,37,46)(H,38,43)(H,39,47)(H,40,45)(H,41,42). The fourth-order valence-electron chi connectivity index (χ4n) is 4.77. The van der Waals surface area contributed by atoms with E-state index in [4.69, 9.17) is 5.73 Å². The Balaban J connectivity index is 2.19. The van der Waals surface area contributed by atoms with Crippen molar-refractivity contribution in [2.75, 3.05) is 18.6 Å². The highest BCUT2D eigenvalue weighted by Gasteiger charge is 2.32. The molecule has 48 heavy (non-hydrogen) atoms. The molecule has 264 valence electrons. The van der Waals surface area contributed by atoms with Crippen LogP contribution in [-0.4, -0.2) is 99.3 Å². The number of aromatic nitrogens is 2. The number of aliphatic carboxylic acids is 1. The number of nitrogens with zero attached hydrogens (tertiary/aromatic N) is 1. The second kappa shape index (κ2) is 20.7. The van der Waals surface area contributed by atoms with Gasteiger partial charge in [0.25, 0.3) is 0 Å². The van der Waals surface area contributed by atoms with Crippen LogP contribution in [0.4, 0.5) is 0 Å². The first kappa shape index (κ1) is 39.7. The summed E-state index contributed by atoms with van der Waals surface area (Å²) >= 11 is 1.26. The third-order valence-corrected chi connectivity index (χ3v) is 7.85. The molecule has 0 fully saturated rings. The Kier molecular flexibility index (Phi) is 17.2. The molecule has 2 rings (SSSR count). The molecule has 5 atom stereocenters. The van der Waals surface area contributed by atoms with Crippen LogP contribution in [0.25, 0.3) is 0 Å². The van der Waals surface area contributed by atoms with E-state index in [0.717, 1.165) is 5.56 Å². The van der Waals surface area contributed by atoms with Crippen LogP contribution in [0.2, 0.25) is 0 Å². The molecule has 0 aliphatic heterocycles. The number of hydrogen-bond donors (Lipinski definition) is 8. The van der Waals surface area contributed by atoms with Gasteiger partial charge in [-0.05, 0) is 43.9 Å². The first-order valence-electron chi connectivity index (χ1n) is 15.8. The molecule has 1 heterocycles. The van der Waals surface area contributed by atoms with Gasteiger partial charge in [-0.1, -0.05) is 44.2 Å². The summed E-state index contributed by atoms with van der Waals surface area (Å²) < 4.78 is 0. The average Bonchev–Trinajstić information content (AvgIpc) is 3.55. The van der Waals surface area contributed by atoms with E-state index in [0.29, 0.717) is 12.2 Å². The Morgan fingerprint density at radius 2 is 1.46 bits per heavy atom. The molecule has 0 spiro atoms. The zero-order chi connectivity index (χ0) is 35.6. The van der Waals surface area contributed by atoms with Crippen LogP contribution in [0.5, 0.6) is 0 Å². The van der Waals surface area contributed by atoms with E-state index in [1.54, 1.807) is 13.2 Å². The van der Waals surface area contributed by atoms with E-state index in [1.807, 2.05) is 44.2 Å². The third kappa shape index (κ3) is 14.1. The number of benzene rings is 1. The molecule has 0 aliphatic carbocycles. The number of hydrogen-bond acceptors (Lipinski definition) is 9. The van der Waals surface area contributed by atoms with Crippen molar-refractivity contribution in [1.29, 1.82) is 0 Å². The normalized spacial score (nSPS) is 14.1. The molecule has 0 radical (unpaired) electrons. The molecule has 9 N–H and O–H groups in total. The molecule has 0 saturated heterocycles. The average molecular weight is 689 g/mol. The number of carbonyl (C=O) groups is 6. The number of nitrogens with two attached hydrogens (primary N) is 1. The highest BCUT2D eigenvalue weighted by Crippen LogP contribution is 2.10. The molecule has 2 aromatic rings. The maximum absolute atomic E-state index is 13.5.